The minimum atomic E-state index is -0.645. The molecule has 0 heterocycles. The van der Waals surface area contributed by atoms with E-state index in [1.807, 2.05) is 67.6 Å². The molecule has 0 fully saturated rings. The lowest BCUT2D eigenvalue weighted by Crippen LogP contribution is -2.49. The molecule has 3 rings (SSSR count). The third kappa shape index (κ3) is 5.59. The van der Waals surface area contributed by atoms with Gasteiger partial charge in [-0.2, -0.15) is 0 Å². The summed E-state index contributed by atoms with van der Waals surface area (Å²) in [6.45, 7) is 4.16. The summed E-state index contributed by atoms with van der Waals surface area (Å²) >= 11 is 3.58. The molecule has 168 valence electrons. The summed E-state index contributed by atoms with van der Waals surface area (Å²) in [6.07, 6.45) is 0. The second-order valence-electron chi connectivity index (χ2n) is 7.33. The van der Waals surface area contributed by atoms with Crippen LogP contribution in [-0.4, -0.2) is 43.0 Å². The predicted molar refractivity (Wildman–Crippen MR) is 129 cm³/mol. The van der Waals surface area contributed by atoms with Crippen LogP contribution in [0.2, 0.25) is 0 Å². The van der Waals surface area contributed by atoms with E-state index in [0.29, 0.717) is 12.3 Å². The Hall–Kier alpha value is -3.06. The summed E-state index contributed by atoms with van der Waals surface area (Å²) < 4.78 is 11.9. The molecule has 1 atom stereocenters. The van der Waals surface area contributed by atoms with E-state index < -0.39 is 6.04 Å². The SMILES string of the molecule is CCNC(=O)C(C)N(Cc1ccc(OC)cc1)C(=O)COc1ccc2ccccc2c1Br. The molecule has 7 heteroatoms. The highest BCUT2D eigenvalue weighted by molar-refractivity contribution is 9.10. The van der Waals surface area contributed by atoms with Gasteiger partial charge in [-0.05, 0) is 64.3 Å². The topological polar surface area (TPSA) is 67.9 Å². The first-order valence-corrected chi connectivity index (χ1v) is 11.2. The minimum absolute atomic E-state index is 0.184. The van der Waals surface area contributed by atoms with Gasteiger partial charge in [0, 0.05) is 13.1 Å². The van der Waals surface area contributed by atoms with E-state index in [2.05, 4.69) is 21.2 Å². The number of hydrogen-bond donors (Lipinski definition) is 1. The van der Waals surface area contributed by atoms with Crippen LogP contribution in [0.1, 0.15) is 19.4 Å². The Balaban J connectivity index is 1.78. The summed E-state index contributed by atoms with van der Waals surface area (Å²) in [5, 5.41) is 4.86. The van der Waals surface area contributed by atoms with Gasteiger partial charge in [0.05, 0.1) is 11.6 Å². The number of ether oxygens (including phenoxy) is 2. The summed E-state index contributed by atoms with van der Waals surface area (Å²) in [7, 11) is 1.60. The second kappa shape index (κ2) is 11.0. The van der Waals surface area contributed by atoms with Gasteiger partial charge in [0.2, 0.25) is 5.91 Å². The van der Waals surface area contributed by atoms with Crippen molar-refractivity contribution in [3.05, 3.63) is 70.7 Å². The molecule has 0 aliphatic carbocycles. The van der Waals surface area contributed by atoms with Gasteiger partial charge >= 0.3 is 0 Å². The van der Waals surface area contributed by atoms with Gasteiger partial charge < -0.3 is 19.7 Å². The van der Waals surface area contributed by atoms with Gasteiger partial charge in [0.1, 0.15) is 17.5 Å². The van der Waals surface area contributed by atoms with Crippen LogP contribution in [-0.2, 0) is 16.1 Å². The largest absolute Gasteiger partial charge is 0.497 e. The van der Waals surface area contributed by atoms with Crippen molar-refractivity contribution in [3.8, 4) is 11.5 Å². The van der Waals surface area contributed by atoms with Crippen LogP contribution in [0.3, 0.4) is 0 Å². The number of nitrogens with one attached hydrogen (secondary N) is 1. The van der Waals surface area contributed by atoms with Crippen LogP contribution in [0.15, 0.2) is 65.1 Å². The van der Waals surface area contributed by atoms with E-state index in [-0.39, 0.29) is 25.0 Å². The van der Waals surface area contributed by atoms with Crippen molar-refractivity contribution in [2.45, 2.75) is 26.4 Å². The summed E-state index contributed by atoms with van der Waals surface area (Å²) in [4.78, 5) is 27.2. The van der Waals surface area contributed by atoms with Gasteiger partial charge in [0.15, 0.2) is 6.61 Å². The van der Waals surface area contributed by atoms with E-state index in [1.165, 1.54) is 4.90 Å². The third-order valence-electron chi connectivity index (χ3n) is 5.21. The fourth-order valence-electron chi connectivity index (χ4n) is 3.38. The number of carbonyl (C=O) groups is 2. The molecule has 0 aliphatic rings. The summed E-state index contributed by atoms with van der Waals surface area (Å²) in [6, 6.07) is 18.5. The zero-order valence-corrected chi connectivity index (χ0v) is 20.0. The number of rotatable bonds is 9. The number of hydrogen-bond acceptors (Lipinski definition) is 4. The summed E-state index contributed by atoms with van der Waals surface area (Å²) in [5.41, 5.74) is 0.891. The number of carbonyl (C=O) groups excluding carboxylic acids is 2. The minimum Gasteiger partial charge on any atom is -0.497 e. The van der Waals surface area contributed by atoms with Crippen molar-refractivity contribution in [2.24, 2.45) is 0 Å². The molecule has 0 radical (unpaired) electrons. The Morgan fingerprint density at radius 2 is 1.78 bits per heavy atom. The van der Waals surface area contributed by atoms with Crippen molar-refractivity contribution in [3.63, 3.8) is 0 Å². The van der Waals surface area contributed by atoms with E-state index in [4.69, 9.17) is 9.47 Å². The molecule has 3 aromatic carbocycles. The Labute approximate surface area is 196 Å². The molecule has 0 aliphatic heterocycles. The maximum absolute atomic E-state index is 13.2. The van der Waals surface area contributed by atoms with E-state index in [1.54, 1.807) is 14.0 Å². The number of methoxy groups -OCH3 is 1. The van der Waals surface area contributed by atoms with Crippen molar-refractivity contribution >= 4 is 38.5 Å². The van der Waals surface area contributed by atoms with E-state index in [0.717, 1.165) is 26.6 Å². The summed E-state index contributed by atoms with van der Waals surface area (Å²) in [5.74, 6) is 0.820. The molecular formula is C25H27BrN2O4. The van der Waals surface area contributed by atoms with Gasteiger partial charge in [-0.15, -0.1) is 0 Å². The molecule has 0 aromatic heterocycles. The number of fused-ring (bicyclic) bond motifs is 1. The molecular weight excluding hydrogens is 472 g/mol. The monoisotopic (exact) mass is 498 g/mol. The van der Waals surface area contributed by atoms with Crippen molar-refractivity contribution in [1.82, 2.24) is 10.2 Å². The van der Waals surface area contributed by atoms with Crippen LogP contribution < -0.4 is 14.8 Å². The number of halogens is 1. The van der Waals surface area contributed by atoms with Crippen molar-refractivity contribution in [1.29, 1.82) is 0 Å². The van der Waals surface area contributed by atoms with Crippen LogP contribution in [0.5, 0.6) is 11.5 Å². The fraction of sp³-hybridized carbons (Fsp3) is 0.280. The number of benzene rings is 3. The van der Waals surface area contributed by atoms with Crippen LogP contribution >= 0.6 is 15.9 Å². The van der Waals surface area contributed by atoms with E-state index >= 15 is 0 Å². The maximum atomic E-state index is 13.2. The van der Waals surface area contributed by atoms with Crippen molar-refractivity contribution in [2.75, 3.05) is 20.3 Å². The smallest absolute Gasteiger partial charge is 0.261 e. The quantitative estimate of drug-likeness (QED) is 0.470. The molecule has 1 unspecified atom stereocenters. The first kappa shape index (κ1) is 23.6. The fourth-order valence-corrected chi connectivity index (χ4v) is 3.99. The van der Waals surface area contributed by atoms with Gasteiger partial charge in [-0.3, -0.25) is 9.59 Å². The first-order valence-electron chi connectivity index (χ1n) is 10.4. The van der Waals surface area contributed by atoms with Gasteiger partial charge in [-0.25, -0.2) is 0 Å². The average Bonchev–Trinajstić information content (AvgIpc) is 2.82. The Morgan fingerprint density at radius 1 is 1.06 bits per heavy atom. The van der Waals surface area contributed by atoms with E-state index in [9.17, 15) is 9.59 Å². The maximum Gasteiger partial charge on any atom is 0.261 e. The number of nitrogens with zero attached hydrogens (tertiary/aromatic N) is 1. The molecule has 32 heavy (non-hydrogen) atoms. The zero-order valence-electron chi connectivity index (χ0n) is 18.4. The van der Waals surface area contributed by atoms with Crippen LogP contribution in [0, 0.1) is 0 Å². The highest BCUT2D eigenvalue weighted by atomic mass is 79.9. The molecule has 0 saturated carbocycles. The molecule has 0 bridgehead atoms. The highest BCUT2D eigenvalue weighted by Crippen LogP contribution is 2.33. The Morgan fingerprint density at radius 3 is 2.47 bits per heavy atom. The average molecular weight is 499 g/mol. The number of amides is 2. The number of likely N-dealkylation sites (N-methyl/N-ethyl adjacent to an activating group) is 1. The van der Waals surface area contributed by atoms with Gasteiger partial charge in [-0.1, -0.05) is 42.5 Å². The zero-order chi connectivity index (χ0) is 23.1. The molecule has 0 spiro atoms. The van der Waals surface area contributed by atoms with Crippen molar-refractivity contribution < 1.29 is 19.1 Å². The lowest BCUT2D eigenvalue weighted by molar-refractivity contribution is -0.142. The molecule has 2 amide bonds. The lowest BCUT2D eigenvalue weighted by Gasteiger charge is -2.28. The van der Waals surface area contributed by atoms with Crippen LogP contribution in [0.4, 0.5) is 0 Å². The standard InChI is InChI=1S/C25H27BrN2O4/c1-4-27-25(30)17(2)28(15-18-9-12-20(31-3)13-10-18)23(29)16-32-22-14-11-19-7-5-6-8-21(19)24(22)26/h5-14,17H,4,15-16H2,1-3H3,(H,27,30). The normalized spacial score (nSPS) is 11.6. The Bertz CT molecular complexity index is 1080. The predicted octanol–water partition coefficient (Wildman–Crippen LogP) is 4.54. The van der Waals surface area contributed by atoms with Gasteiger partial charge in [0.25, 0.3) is 5.91 Å². The lowest BCUT2D eigenvalue weighted by atomic mass is 10.1. The molecule has 1 N–H and O–H groups in total. The second-order valence-corrected chi connectivity index (χ2v) is 8.12. The van der Waals surface area contributed by atoms with Crippen LogP contribution in [0.25, 0.3) is 10.8 Å². The molecule has 0 saturated heterocycles. The third-order valence-corrected chi connectivity index (χ3v) is 6.03. The molecule has 6 nitrogen and oxygen atoms in total. The first-order chi connectivity index (χ1) is 15.4. The Kier molecular flexibility index (Phi) is 8.11. The molecule has 3 aromatic rings. The highest BCUT2D eigenvalue weighted by Gasteiger charge is 2.26.